The van der Waals surface area contributed by atoms with Gasteiger partial charge in [0.15, 0.2) is 0 Å². The van der Waals surface area contributed by atoms with Crippen molar-refractivity contribution in [3.05, 3.63) is 66.1 Å². The quantitative estimate of drug-likeness (QED) is 0.574. The predicted octanol–water partition coefficient (Wildman–Crippen LogP) is 3.66. The highest BCUT2D eigenvalue weighted by Gasteiger charge is 2.30. The van der Waals surface area contributed by atoms with Gasteiger partial charge in [-0.15, -0.1) is 0 Å². The fourth-order valence-electron chi connectivity index (χ4n) is 3.69. The third-order valence-electron chi connectivity index (χ3n) is 5.29. The van der Waals surface area contributed by atoms with Crippen LogP contribution in [0.5, 0.6) is 0 Å². The van der Waals surface area contributed by atoms with Crippen LogP contribution in [0.3, 0.4) is 0 Å². The summed E-state index contributed by atoms with van der Waals surface area (Å²) in [6.07, 6.45) is 2.64. The molecule has 1 fully saturated rings. The second kappa shape index (κ2) is 7.12. The van der Waals surface area contributed by atoms with Crippen molar-refractivity contribution < 1.29 is 13.7 Å². The van der Waals surface area contributed by atoms with Crippen molar-refractivity contribution in [2.75, 3.05) is 6.54 Å². The van der Waals surface area contributed by atoms with Gasteiger partial charge in [0.1, 0.15) is 5.82 Å². The number of nitrogens with one attached hydrogen (secondary N) is 1. The minimum absolute atomic E-state index is 0.00828. The molecule has 1 saturated heterocycles. The second-order valence-electron chi connectivity index (χ2n) is 7.19. The molecule has 7 nitrogen and oxygen atoms in total. The van der Waals surface area contributed by atoms with Gasteiger partial charge in [0.2, 0.25) is 17.6 Å². The third-order valence-corrected chi connectivity index (χ3v) is 5.29. The van der Waals surface area contributed by atoms with Crippen LogP contribution >= 0.6 is 0 Å². The second-order valence-corrected chi connectivity index (χ2v) is 7.19. The lowest BCUT2D eigenvalue weighted by molar-refractivity contribution is -0.134. The first kappa shape index (κ1) is 17.5. The van der Waals surface area contributed by atoms with E-state index < -0.39 is 0 Å². The Kier molecular flexibility index (Phi) is 4.31. The number of fused-ring (bicyclic) bond motifs is 1. The summed E-state index contributed by atoms with van der Waals surface area (Å²) in [5.41, 5.74) is 3.09. The van der Waals surface area contributed by atoms with E-state index in [4.69, 9.17) is 4.52 Å². The summed E-state index contributed by atoms with van der Waals surface area (Å²) in [7, 11) is 0. The molecular formula is C21H18FN5O2. The molecule has 146 valence electrons. The van der Waals surface area contributed by atoms with Gasteiger partial charge in [-0.05, 0) is 30.7 Å². The van der Waals surface area contributed by atoms with E-state index in [1.807, 2.05) is 18.2 Å². The number of imidazole rings is 1. The molecule has 29 heavy (non-hydrogen) atoms. The van der Waals surface area contributed by atoms with E-state index in [1.54, 1.807) is 29.4 Å². The van der Waals surface area contributed by atoms with Crippen LogP contribution in [-0.2, 0) is 11.3 Å². The zero-order valence-corrected chi connectivity index (χ0v) is 15.5. The van der Waals surface area contributed by atoms with Gasteiger partial charge in [-0.3, -0.25) is 4.79 Å². The lowest BCUT2D eigenvalue weighted by atomic mass is 9.97. The van der Waals surface area contributed by atoms with Gasteiger partial charge in [-0.1, -0.05) is 23.4 Å². The normalized spacial score (nSPS) is 17.2. The maximum Gasteiger partial charge on any atom is 0.231 e. The predicted molar refractivity (Wildman–Crippen MR) is 103 cm³/mol. The topological polar surface area (TPSA) is 87.9 Å². The Bertz CT molecular complexity index is 1180. The standard InChI is InChI=1S/C21H18FN5O2/c22-16-4-2-1-3-14(16)10-27-11-15(6-8-19(27)28)21-25-20(26-29-21)13-5-7-17-18(9-13)24-12-23-17/h1-5,7,9,12,15H,6,8,10-11H2,(H,23,24). The number of carbonyl (C=O) groups excluding carboxylic acids is 1. The Morgan fingerprint density at radius 3 is 3.03 bits per heavy atom. The van der Waals surface area contributed by atoms with Gasteiger partial charge < -0.3 is 14.4 Å². The highest BCUT2D eigenvalue weighted by Crippen LogP contribution is 2.29. The van der Waals surface area contributed by atoms with E-state index in [-0.39, 0.29) is 24.2 Å². The maximum absolute atomic E-state index is 14.0. The minimum Gasteiger partial charge on any atom is -0.345 e. The van der Waals surface area contributed by atoms with Crippen LogP contribution in [-0.4, -0.2) is 37.5 Å². The van der Waals surface area contributed by atoms with Crippen molar-refractivity contribution in [1.82, 2.24) is 25.0 Å². The zero-order chi connectivity index (χ0) is 19.8. The fraction of sp³-hybridized carbons (Fsp3) is 0.238. The SMILES string of the molecule is O=C1CCC(c2nc(-c3ccc4nc[nH]c4c3)no2)CN1Cc1ccccc1F. The molecule has 5 rings (SSSR count). The molecule has 0 aliphatic carbocycles. The van der Waals surface area contributed by atoms with E-state index in [9.17, 15) is 9.18 Å². The van der Waals surface area contributed by atoms with Crippen LogP contribution in [0, 0.1) is 5.82 Å². The number of carbonyl (C=O) groups is 1. The number of nitrogens with zero attached hydrogens (tertiary/aromatic N) is 4. The number of likely N-dealkylation sites (tertiary alicyclic amines) is 1. The molecule has 1 aliphatic rings. The molecular weight excluding hydrogens is 373 g/mol. The number of H-pyrrole nitrogens is 1. The average molecular weight is 391 g/mol. The minimum atomic E-state index is -0.309. The molecule has 1 atom stereocenters. The summed E-state index contributed by atoms with van der Waals surface area (Å²) in [4.78, 5) is 25.8. The van der Waals surface area contributed by atoms with Gasteiger partial charge >= 0.3 is 0 Å². The number of aromatic amines is 1. The Morgan fingerprint density at radius 1 is 1.24 bits per heavy atom. The van der Waals surface area contributed by atoms with Crippen LogP contribution in [0.4, 0.5) is 4.39 Å². The lowest BCUT2D eigenvalue weighted by Gasteiger charge is -2.31. The number of hydrogen-bond acceptors (Lipinski definition) is 5. The molecule has 0 spiro atoms. The molecule has 8 heteroatoms. The zero-order valence-electron chi connectivity index (χ0n) is 15.5. The van der Waals surface area contributed by atoms with E-state index in [1.165, 1.54) is 6.07 Å². The third kappa shape index (κ3) is 3.37. The number of benzene rings is 2. The summed E-state index contributed by atoms with van der Waals surface area (Å²) >= 11 is 0. The highest BCUT2D eigenvalue weighted by molar-refractivity contribution is 5.80. The van der Waals surface area contributed by atoms with Crippen molar-refractivity contribution in [1.29, 1.82) is 0 Å². The van der Waals surface area contributed by atoms with Gasteiger partial charge in [-0.25, -0.2) is 9.37 Å². The first-order valence-corrected chi connectivity index (χ1v) is 9.45. The fourth-order valence-corrected chi connectivity index (χ4v) is 3.69. The number of aromatic nitrogens is 4. The van der Waals surface area contributed by atoms with E-state index in [0.29, 0.717) is 36.7 Å². The lowest BCUT2D eigenvalue weighted by Crippen LogP contribution is -2.38. The first-order chi connectivity index (χ1) is 14.2. The van der Waals surface area contributed by atoms with Crippen LogP contribution in [0.1, 0.15) is 30.2 Å². The molecule has 0 bridgehead atoms. The number of piperidine rings is 1. The van der Waals surface area contributed by atoms with Crippen LogP contribution in [0.25, 0.3) is 22.4 Å². The summed E-state index contributed by atoms with van der Waals surface area (Å²) in [6.45, 7) is 0.661. The number of hydrogen-bond donors (Lipinski definition) is 1. The van der Waals surface area contributed by atoms with Gasteiger partial charge in [0.05, 0.1) is 23.3 Å². The van der Waals surface area contributed by atoms with Crippen LogP contribution in [0.15, 0.2) is 53.3 Å². The van der Waals surface area contributed by atoms with E-state index in [0.717, 1.165) is 16.6 Å². The van der Waals surface area contributed by atoms with Crippen molar-refractivity contribution >= 4 is 16.9 Å². The van der Waals surface area contributed by atoms with Crippen molar-refractivity contribution in [2.24, 2.45) is 0 Å². The molecule has 3 heterocycles. The smallest absolute Gasteiger partial charge is 0.231 e. The average Bonchev–Trinajstić information content (AvgIpc) is 3.40. The molecule has 1 amide bonds. The van der Waals surface area contributed by atoms with E-state index >= 15 is 0 Å². The molecule has 0 saturated carbocycles. The Balaban J connectivity index is 1.35. The largest absolute Gasteiger partial charge is 0.345 e. The van der Waals surface area contributed by atoms with Crippen LogP contribution < -0.4 is 0 Å². The van der Waals surface area contributed by atoms with Crippen molar-refractivity contribution in [3.8, 4) is 11.4 Å². The number of halogens is 1. The summed E-state index contributed by atoms with van der Waals surface area (Å²) in [6, 6.07) is 12.2. The molecule has 4 aromatic rings. The van der Waals surface area contributed by atoms with Gasteiger partial charge in [-0.2, -0.15) is 4.98 Å². The van der Waals surface area contributed by atoms with E-state index in [2.05, 4.69) is 20.1 Å². The molecule has 2 aromatic heterocycles. The van der Waals surface area contributed by atoms with Crippen molar-refractivity contribution in [3.63, 3.8) is 0 Å². The number of amides is 1. The molecule has 2 aromatic carbocycles. The highest BCUT2D eigenvalue weighted by atomic mass is 19.1. The number of rotatable bonds is 4. The van der Waals surface area contributed by atoms with Gasteiger partial charge in [0.25, 0.3) is 0 Å². The molecule has 0 radical (unpaired) electrons. The Hall–Kier alpha value is -3.55. The van der Waals surface area contributed by atoms with Gasteiger partial charge in [0, 0.05) is 30.6 Å². The summed E-state index contributed by atoms with van der Waals surface area (Å²) in [5, 5.41) is 4.11. The van der Waals surface area contributed by atoms with Crippen molar-refractivity contribution in [2.45, 2.75) is 25.3 Å². The summed E-state index contributed by atoms with van der Waals surface area (Å²) < 4.78 is 19.5. The molecule has 1 unspecified atom stereocenters. The monoisotopic (exact) mass is 391 g/mol. The molecule has 1 N–H and O–H groups in total. The summed E-state index contributed by atoms with van der Waals surface area (Å²) in [5.74, 6) is 0.618. The first-order valence-electron chi connectivity index (χ1n) is 9.45. The molecule has 1 aliphatic heterocycles. The maximum atomic E-state index is 14.0. The Labute approximate surface area is 165 Å². The van der Waals surface area contributed by atoms with Crippen LogP contribution in [0.2, 0.25) is 0 Å². The Morgan fingerprint density at radius 2 is 2.14 bits per heavy atom.